The number of rotatable bonds is 5. The molecule has 0 saturated heterocycles. The molecular formula is C20H20N4O3. The predicted molar refractivity (Wildman–Crippen MR) is 96.1 cm³/mol. The van der Waals surface area contributed by atoms with Crippen LogP contribution in [0, 0.1) is 0 Å². The van der Waals surface area contributed by atoms with Gasteiger partial charge in [-0.3, -0.25) is 4.79 Å². The van der Waals surface area contributed by atoms with Crippen LogP contribution in [0.1, 0.15) is 66.2 Å². The molecule has 1 aromatic carbocycles. The summed E-state index contributed by atoms with van der Waals surface area (Å²) >= 11 is 0. The third-order valence-electron chi connectivity index (χ3n) is 5.53. The first-order valence-corrected chi connectivity index (χ1v) is 9.42. The van der Waals surface area contributed by atoms with E-state index in [1.807, 2.05) is 30.3 Å². The minimum Gasteiger partial charge on any atom is -0.425 e. The van der Waals surface area contributed by atoms with Crippen molar-refractivity contribution < 1.29 is 13.7 Å². The summed E-state index contributed by atoms with van der Waals surface area (Å²) in [5.74, 6) is 2.53. The molecule has 1 N–H and O–H groups in total. The molecule has 2 fully saturated rings. The van der Waals surface area contributed by atoms with E-state index in [1.165, 1.54) is 6.42 Å². The molecule has 2 aromatic heterocycles. The highest BCUT2D eigenvalue weighted by atomic mass is 16.5. The molecule has 27 heavy (non-hydrogen) atoms. The van der Waals surface area contributed by atoms with Gasteiger partial charge in [0.2, 0.25) is 11.8 Å². The average molecular weight is 364 g/mol. The maximum Gasteiger partial charge on any atom is 0.273 e. The summed E-state index contributed by atoms with van der Waals surface area (Å²) in [6.07, 6.45) is 5.15. The largest absolute Gasteiger partial charge is 0.425 e. The van der Waals surface area contributed by atoms with Crippen LogP contribution < -0.4 is 5.32 Å². The topological polar surface area (TPSA) is 94.1 Å². The number of aromatic nitrogens is 3. The number of hydrogen-bond acceptors (Lipinski definition) is 6. The second-order valence-corrected chi connectivity index (χ2v) is 7.39. The van der Waals surface area contributed by atoms with Crippen LogP contribution in [0.5, 0.6) is 0 Å². The fourth-order valence-corrected chi connectivity index (χ4v) is 3.55. The van der Waals surface area contributed by atoms with E-state index in [0.717, 1.165) is 37.1 Å². The number of carbonyl (C=O) groups is 1. The molecule has 2 saturated carbocycles. The molecule has 1 amide bonds. The van der Waals surface area contributed by atoms with Gasteiger partial charge < -0.3 is 14.3 Å². The van der Waals surface area contributed by atoms with Crippen molar-refractivity contribution in [2.75, 3.05) is 0 Å². The second-order valence-electron chi connectivity index (χ2n) is 7.39. The van der Waals surface area contributed by atoms with E-state index in [9.17, 15) is 4.79 Å². The number of amides is 1. The lowest BCUT2D eigenvalue weighted by molar-refractivity contribution is 0.0893. The van der Waals surface area contributed by atoms with Crippen LogP contribution >= 0.6 is 0 Å². The molecule has 0 aliphatic heterocycles. The van der Waals surface area contributed by atoms with Crippen LogP contribution in [-0.2, 0) is 0 Å². The Morgan fingerprint density at radius 2 is 1.78 bits per heavy atom. The maximum atomic E-state index is 12.4. The Kier molecular flexibility index (Phi) is 3.99. The van der Waals surface area contributed by atoms with Crippen LogP contribution in [0.3, 0.4) is 0 Å². The van der Waals surface area contributed by atoms with Crippen molar-refractivity contribution in [3.8, 4) is 11.3 Å². The van der Waals surface area contributed by atoms with Gasteiger partial charge in [-0.15, -0.1) is 10.2 Å². The normalized spacial score (nSPS) is 22.1. The van der Waals surface area contributed by atoms with Crippen molar-refractivity contribution in [3.63, 3.8) is 0 Å². The molecule has 2 aliphatic rings. The fourth-order valence-electron chi connectivity index (χ4n) is 3.55. The maximum absolute atomic E-state index is 12.4. The first-order valence-electron chi connectivity index (χ1n) is 9.42. The fraction of sp³-hybridized carbons (Fsp3) is 0.400. The summed E-state index contributed by atoms with van der Waals surface area (Å²) in [4.78, 5) is 12.4. The molecule has 138 valence electrons. The monoisotopic (exact) mass is 364 g/mol. The molecule has 2 heterocycles. The molecule has 7 heteroatoms. The Labute approximate surface area is 156 Å². The highest BCUT2D eigenvalue weighted by Gasteiger charge is 2.36. The Bertz CT molecular complexity index is 939. The number of carbonyl (C=O) groups excluding carboxylic acids is 1. The molecule has 5 rings (SSSR count). The van der Waals surface area contributed by atoms with E-state index in [1.54, 1.807) is 6.07 Å². The molecule has 0 unspecified atom stereocenters. The standard InChI is InChI=1S/C20H20N4O3/c25-18(16-11-17(27-24-16)12-5-2-1-3-6-12)21-15-9-14(10-15)20-23-22-19(26-20)13-7-4-8-13/h1-3,5-6,11,13-15H,4,7-10H2,(H,21,25)/t14-,15-. The molecule has 3 aromatic rings. The lowest BCUT2D eigenvalue weighted by atomic mass is 9.80. The summed E-state index contributed by atoms with van der Waals surface area (Å²) in [6, 6.07) is 11.4. The minimum absolute atomic E-state index is 0.0958. The zero-order valence-electron chi connectivity index (χ0n) is 14.8. The third kappa shape index (κ3) is 3.13. The van der Waals surface area contributed by atoms with Crippen molar-refractivity contribution in [3.05, 3.63) is 53.9 Å². The molecule has 7 nitrogen and oxygen atoms in total. The van der Waals surface area contributed by atoms with Crippen molar-refractivity contribution in [2.24, 2.45) is 0 Å². The van der Waals surface area contributed by atoms with Crippen LogP contribution in [0.2, 0.25) is 0 Å². The SMILES string of the molecule is O=C(N[C@H]1C[C@H](c2nnc(C3CCC3)o2)C1)c1cc(-c2ccccc2)on1. The van der Waals surface area contributed by atoms with E-state index >= 15 is 0 Å². The molecular weight excluding hydrogens is 344 g/mol. The number of nitrogens with one attached hydrogen (secondary N) is 1. The highest BCUT2D eigenvalue weighted by Crippen LogP contribution is 2.40. The molecule has 0 atom stereocenters. The van der Waals surface area contributed by atoms with E-state index in [2.05, 4.69) is 20.7 Å². The first kappa shape index (κ1) is 16.2. The van der Waals surface area contributed by atoms with Crippen LogP contribution in [0.4, 0.5) is 0 Å². The summed E-state index contributed by atoms with van der Waals surface area (Å²) in [5, 5.41) is 15.3. The van der Waals surface area contributed by atoms with Gasteiger partial charge in [-0.1, -0.05) is 41.9 Å². The predicted octanol–water partition coefficient (Wildman–Crippen LogP) is 3.67. The summed E-state index contributed by atoms with van der Waals surface area (Å²) in [6.45, 7) is 0. The summed E-state index contributed by atoms with van der Waals surface area (Å²) in [7, 11) is 0. The van der Waals surface area contributed by atoms with Crippen LogP contribution in [0.15, 0.2) is 45.3 Å². The highest BCUT2D eigenvalue weighted by molar-refractivity contribution is 5.93. The van der Waals surface area contributed by atoms with Crippen molar-refractivity contribution >= 4 is 5.91 Å². The lowest BCUT2D eigenvalue weighted by Gasteiger charge is -2.33. The van der Waals surface area contributed by atoms with Crippen LogP contribution in [-0.4, -0.2) is 27.3 Å². The number of nitrogens with zero attached hydrogens (tertiary/aromatic N) is 3. The van der Waals surface area contributed by atoms with Crippen molar-refractivity contribution in [2.45, 2.75) is 50.0 Å². The van der Waals surface area contributed by atoms with E-state index < -0.39 is 0 Å². The second kappa shape index (κ2) is 6.64. The Morgan fingerprint density at radius 1 is 1.04 bits per heavy atom. The lowest BCUT2D eigenvalue weighted by Crippen LogP contribution is -2.43. The van der Waals surface area contributed by atoms with E-state index in [0.29, 0.717) is 23.3 Å². The zero-order chi connectivity index (χ0) is 18.2. The first-order chi connectivity index (χ1) is 13.3. The smallest absolute Gasteiger partial charge is 0.273 e. The quantitative estimate of drug-likeness (QED) is 0.742. The van der Waals surface area contributed by atoms with Gasteiger partial charge in [0.25, 0.3) is 5.91 Å². The van der Waals surface area contributed by atoms with Crippen molar-refractivity contribution in [1.29, 1.82) is 0 Å². The third-order valence-corrected chi connectivity index (χ3v) is 5.53. The summed E-state index contributed by atoms with van der Waals surface area (Å²) in [5.41, 5.74) is 1.19. The number of hydrogen-bond donors (Lipinski definition) is 1. The molecule has 0 radical (unpaired) electrons. The van der Waals surface area contributed by atoms with Gasteiger partial charge >= 0.3 is 0 Å². The van der Waals surface area contributed by atoms with Gasteiger partial charge in [0.05, 0.1) is 0 Å². The average Bonchev–Trinajstić information content (AvgIpc) is 3.27. The Hall–Kier alpha value is -2.96. The van der Waals surface area contributed by atoms with Gasteiger partial charge in [-0.2, -0.15) is 0 Å². The van der Waals surface area contributed by atoms with Gasteiger partial charge in [0.15, 0.2) is 11.5 Å². The van der Waals surface area contributed by atoms with Gasteiger partial charge in [0.1, 0.15) is 0 Å². The van der Waals surface area contributed by atoms with E-state index in [4.69, 9.17) is 8.94 Å². The molecule has 0 bridgehead atoms. The molecule has 0 spiro atoms. The molecule has 2 aliphatic carbocycles. The minimum atomic E-state index is -0.218. The van der Waals surface area contributed by atoms with Crippen LogP contribution in [0.25, 0.3) is 11.3 Å². The zero-order valence-corrected chi connectivity index (χ0v) is 14.8. The van der Waals surface area contributed by atoms with Gasteiger partial charge in [-0.05, 0) is 25.7 Å². The van der Waals surface area contributed by atoms with E-state index in [-0.39, 0.29) is 17.9 Å². The Morgan fingerprint density at radius 3 is 2.48 bits per heavy atom. The summed E-state index contributed by atoms with van der Waals surface area (Å²) < 4.78 is 11.1. The van der Waals surface area contributed by atoms with Gasteiger partial charge in [-0.25, -0.2) is 0 Å². The number of benzene rings is 1. The Balaban J connectivity index is 1.16. The van der Waals surface area contributed by atoms with Crippen molar-refractivity contribution in [1.82, 2.24) is 20.7 Å². The van der Waals surface area contributed by atoms with Gasteiger partial charge in [0, 0.05) is 29.5 Å².